The average molecular weight is 248 g/mol. The summed E-state index contributed by atoms with van der Waals surface area (Å²) in [5.41, 5.74) is 8.00. The number of benzene rings is 1. The Morgan fingerprint density at radius 3 is 2.71 bits per heavy atom. The Morgan fingerprint density at radius 1 is 1.29 bits per heavy atom. The van der Waals surface area contributed by atoms with Crippen LogP contribution in [0, 0.1) is 13.8 Å². The van der Waals surface area contributed by atoms with E-state index in [0.29, 0.717) is 0 Å². The lowest BCUT2D eigenvalue weighted by Crippen LogP contribution is -1.98. The number of thioether (sulfide) groups is 1. The van der Waals surface area contributed by atoms with Crippen LogP contribution in [0.2, 0.25) is 0 Å². The predicted octanol–water partition coefficient (Wildman–Crippen LogP) is 2.31. The van der Waals surface area contributed by atoms with Crippen LogP contribution in [0.4, 0.5) is 5.69 Å². The van der Waals surface area contributed by atoms with E-state index in [1.54, 1.807) is 11.8 Å². The maximum absolute atomic E-state index is 6.03. The molecule has 1 aromatic carbocycles. The molecule has 0 aliphatic carbocycles. The van der Waals surface area contributed by atoms with Gasteiger partial charge in [-0.05, 0) is 25.5 Å². The molecule has 0 unspecified atom stereocenters. The Bertz CT molecular complexity index is 533. The second-order valence-electron chi connectivity index (χ2n) is 4.00. The van der Waals surface area contributed by atoms with Gasteiger partial charge in [-0.25, -0.2) is 0 Å². The van der Waals surface area contributed by atoms with Gasteiger partial charge in [0.05, 0.1) is 5.75 Å². The number of hydrogen-bond acceptors (Lipinski definition) is 4. The molecule has 0 aliphatic rings. The minimum absolute atomic E-state index is 0.783. The van der Waals surface area contributed by atoms with Crippen LogP contribution < -0.4 is 5.73 Å². The number of hydrogen-bond donors (Lipinski definition) is 1. The lowest BCUT2D eigenvalue weighted by atomic mass is 10.2. The van der Waals surface area contributed by atoms with Gasteiger partial charge in [0.25, 0.3) is 0 Å². The van der Waals surface area contributed by atoms with Crippen molar-refractivity contribution in [3.05, 3.63) is 35.4 Å². The first-order chi connectivity index (χ1) is 8.09. The number of para-hydroxylation sites is 1. The van der Waals surface area contributed by atoms with E-state index in [1.165, 1.54) is 0 Å². The molecule has 0 saturated heterocycles. The van der Waals surface area contributed by atoms with E-state index in [0.717, 1.165) is 33.5 Å². The quantitative estimate of drug-likeness (QED) is 0.669. The molecule has 4 nitrogen and oxygen atoms in total. The molecule has 0 bridgehead atoms. The molecule has 0 aliphatic heterocycles. The average Bonchev–Trinajstić information content (AvgIpc) is 2.62. The highest BCUT2D eigenvalue weighted by atomic mass is 32.2. The third kappa shape index (κ3) is 2.44. The first-order valence-electron chi connectivity index (χ1n) is 5.42. The van der Waals surface area contributed by atoms with Crippen molar-refractivity contribution in [3.63, 3.8) is 0 Å². The van der Waals surface area contributed by atoms with Crippen LogP contribution in [0.25, 0.3) is 0 Å². The summed E-state index contributed by atoms with van der Waals surface area (Å²) in [5.74, 6) is 2.68. The number of nitrogen functional groups attached to an aromatic ring is 1. The minimum atomic E-state index is 0.783. The van der Waals surface area contributed by atoms with Crippen molar-refractivity contribution in [3.8, 4) is 0 Å². The zero-order valence-corrected chi connectivity index (χ0v) is 11.1. The van der Waals surface area contributed by atoms with Crippen LogP contribution in [0.3, 0.4) is 0 Å². The fourth-order valence-corrected chi connectivity index (χ4v) is 2.53. The van der Waals surface area contributed by atoms with E-state index >= 15 is 0 Å². The third-order valence-electron chi connectivity index (χ3n) is 2.82. The molecular weight excluding hydrogens is 232 g/mol. The van der Waals surface area contributed by atoms with E-state index in [4.69, 9.17) is 5.73 Å². The monoisotopic (exact) mass is 248 g/mol. The highest BCUT2D eigenvalue weighted by Crippen LogP contribution is 2.29. The van der Waals surface area contributed by atoms with Gasteiger partial charge in [0, 0.05) is 17.6 Å². The molecular formula is C12H16N4S. The van der Waals surface area contributed by atoms with Gasteiger partial charge in [0.1, 0.15) is 11.6 Å². The topological polar surface area (TPSA) is 56.7 Å². The second kappa shape index (κ2) is 4.79. The number of rotatable bonds is 3. The predicted molar refractivity (Wildman–Crippen MR) is 70.9 cm³/mol. The zero-order valence-electron chi connectivity index (χ0n) is 10.3. The van der Waals surface area contributed by atoms with Crippen molar-refractivity contribution in [2.24, 2.45) is 7.05 Å². The van der Waals surface area contributed by atoms with Gasteiger partial charge in [-0.2, -0.15) is 0 Å². The van der Waals surface area contributed by atoms with Crippen molar-refractivity contribution in [1.29, 1.82) is 0 Å². The number of nitrogens with two attached hydrogens (primary N) is 1. The Kier molecular flexibility index (Phi) is 3.38. The Morgan fingerprint density at radius 2 is 2.06 bits per heavy atom. The number of aromatic nitrogens is 3. The van der Waals surface area contributed by atoms with Crippen LogP contribution >= 0.6 is 11.8 Å². The fraction of sp³-hybridized carbons (Fsp3) is 0.333. The molecule has 2 aromatic rings. The summed E-state index contributed by atoms with van der Waals surface area (Å²) in [5, 5.41) is 8.17. The summed E-state index contributed by atoms with van der Waals surface area (Å²) < 4.78 is 2.00. The van der Waals surface area contributed by atoms with Gasteiger partial charge in [-0.1, -0.05) is 12.1 Å². The SMILES string of the molecule is Cc1cccc(SCc2nnc(C)n2C)c1N. The maximum atomic E-state index is 6.03. The number of aryl methyl sites for hydroxylation is 2. The van der Waals surface area contributed by atoms with Gasteiger partial charge in [0.15, 0.2) is 0 Å². The molecule has 0 radical (unpaired) electrons. The van der Waals surface area contributed by atoms with Crippen LogP contribution in [0.5, 0.6) is 0 Å². The Hall–Kier alpha value is -1.49. The normalized spacial score (nSPS) is 10.8. The van der Waals surface area contributed by atoms with Crippen LogP contribution in [-0.2, 0) is 12.8 Å². The molecule has 17 heavy (non-hydrogen) atoms. The lowest BCUT2D eigenvalue weighted by Gasteiger charge is -2.07. The minimum Gasteiger partial charge on any atom is -0.398 e. The molecule has 0 atom stereocenters. The summed E-state index contributed by atoms with van der Waals surface area (Å²) in [7, 11) is 1.98. The summed E-state index contributed by atoms with van der Waals surface area (Å²) in [4.78, 5) is 1.10. The first-order valence-corrected chi connectivity index (χ1v) is 6.41. The molecule has 5 heteroatoms. The summed E-state index contributed by atoms with van der Waals surface area (Å²) in [6, 6.07) is 6.08. The molecule has 2 rings (SSSR count). The van der Waals surface area contributed by atoms with Crippen LogP contribution in [-0.4, -0.2) is 14.8 Å². The standard InChI is InChI=1S/C12H16N4S/c1-8-5-4-6-10(12(8)13)17-7-11-15-14-9(2)16(11)3/h4-6H,7,13H2,1-3H3. The van der Waals surface area contributed by atoms with Gasteiger partial charge in [-0.15, -0.1) is 22.0 Å². The van der Waals surface area contributed by atoms with E-state index in [2.05, 4.69) is 10.2 Å². The largest absolute Gasteiger partial charge is 0.398 e. The maximum Gasteiger partial charge on any atom is 0.143 e. The zero-order chi connectivity index (χ0) is 12.4. The molecule has 1 aromatic heterocycles. The third-order valence-corrected chi connectivity index (χ3v) is 3.89. The van der Waals surface area contributed by atoms with Gasteiger partial charge in [0.2, 0.25) is 0 Å². The summed E-state index contributed by atoms with van der Waals surface area (Å²) in [6.07, 6.45) is 0. The smallest absolute Gasteiger partial charge is 0.143 e. The lowest BCUT2D eigenvalue weighted by molar-refractivity contribution is 0.817. The first kappa shape index (κ1) is 12.0. The number of anilines is 1. The van der Waals surface area contributed by atoms with E-state index in [-0.39, 0.29) is 0 Å². The molecule has 0 fully saturated rings. The van der Waals surface area contributed by atoms with Gasteiger partial charge in [-0.3, -0.25) is 0 Å². The van der Waals surface area contributed by atoms with Crippen molar-refractivity contribution in [1.82, 2.24) is 14.8 Å². The van der Waals surface area contributed by atoms with Crippen molar-refractivity contribution in [2.45, 2.75) is 24.5 Å². The van der Waals surface area contributed by atoms with E-state index < -0.39 is 0 Å². The molecule has 1 heterocycles. The second-order valence-corrected chi connectivity index (χ2v) is 5.02. The fourth-order valence-electron chi connectivity index (χ4n) is 1.50. The van der Waals surface area contributed by atoms with Crippen LogP contribution in [0.15, 0.2) is 23.1 Å². The highest BCUT2D eigenvalue weighted by molar-refractivity contribution is 7.98. The van der Waals surface area contributed by atoms with E-state index in [1.807, 2.05) is 43.7 Å². The molecule has 2 N–H and O–H groups in total. The molecule has 0 spiro atoms. The molecule has 90 valence electrons. The molecule has 0 saturated carbocycles. The van der Waals surface area contributed by atoms with E-state index in [9.17, 15) is 0 Å². The van der Waals surface area contributed by atoms with Crippen molar-refractivity contribution in [2.75, 3.05) is 5.73 Å². The van der Waals surface area contributed by atoms with Crippen molar-refractivity contribution >= 4 is 17.4 Å². The summed E-state index contributed by atoms with van der Waals surface area (Å²) >= 11 is 1.69. The Labute approximate surface area is 105 Å². The highest BCUT2D eigenvalue weighted by Gasteiger charge is 2.07. The summed E-state index contributed by atoms with van der Waals surface area (Å²) in [6.45, 7) is 3.97. The number of nitrogens with zero attached hydrogens (tertiary/aromatic N) is 3. The van der Waals surface area contributed by atoms with Gasteiger partial charge < -0.3 is 10.3 Å². The van der Waals surface area contributed by atoms with Gasteiger partial charge >= 0.3 is 0 Å². The molecule has 0 amide bonds. The van der Waals surface area contributed by atoms with Crippen LogP contribution in [0.1, 0.15) is 17.2 Å². The van der Waals surface area contributed by atoms with Crippen molar-refractivity contribution < 1.29 is 0 Å². The Balaban J connectivity index is 2.13.